The average Bonchev–Trinajstić information content (AvgIpc) is 2.51. The summed E-state index contributed by atoms with van der Waals surface area (Å²) in [4.78, 5) is 1.17. The van der Waals surface area contributed by atoms with Gasteiger partial charge in [-0.2, -0.15) is 5.26 Å². The lowest BCUT2D eigenvalue weighted by molar-refractivity contribution is 0.528. The van der Waals surface area contributed by atoms with E-state index in [1.807, 2.05) is 55.6 Å². The third-order valence-electron chi connectivity index (χ3n) is 3.08. The molecule has 0 amide bonds. The van der Waals surface area contributed by atoms with Crippen LogP contribution in [0.3, 0.4) is 0 Å². The van der Waals surface area contributed by atoms with E-state index in [0.29, 0.717) is 5.75 Å². The van der Waals surface area contributed by atoms with Gasteiger partial charge < -0.3 is 0 Å². The second-order valence-electron chi connectivity index (χ2n) is 4.23. The van der Waals surface area contributed by atoms with Gasteiger partial charge in [-0.25, -0.2) is 0 Å². The Morgan fingerprint density at radius 2 is 1.63 bits per heavy atom. The first kappa shape index (κ1) is 13.7. The summed E-state index contributed by atoms with van der Waals surface area (Å²) in [6.45, 7) is 0. The van der Waals surface area contributed by atoms with Crippen molar-refractivity contribution in [3.8, 4) is 6.07 Å². The monoisotopic (exact) mass is 268 g/mol. The van der Waals surface area contributed by atoms with Crippen molar-refractivity contribution in [1.82, 2.24) is 5.32 Å². The SMILES string of the molecule is CNC(C#N)(CSc1ccccc1)c1ccccc1. The Morgan fingerprint density at radius 1 is 1.05 bits per heavy atom. The minimum Gasteiger partial charge on any atom is -0.298 e. The van der Waals surface area contributed by atoms with Crippen molar-refractivity contribution in [3.05, 3.63) is 66.2 Å². The van der Waals surface area contributed by atoms with E-state index in [2.05, 4.69) is 23.5 Å². The molecule has 0 aliphatic rings. The van der Waals surface area contributed by atoms with E-state index in [9.17, 15) is 5.26 Å². The summed E-state index contributed by atoms with van der Waals surface area (Å²) in [5, 5.41) is 12.8. The minimum atomic E-state index is -0.651. The molecular weight excluding hydrogens is 252 g/mol. The van der Waals surface area contributed by atoms with Crippen LogP contribution in [0.4, 0.5) is 0 Å². The maximum atomic E-state index is 9.58. The second-order valence-corrected chi connectivity index (χ2v) is 5.28. The first-order valence-corrected chi connectivity index (χ1v) is 7.13. The zero-order valence-electron chi connectivity index (χ0n) is 10.8. The van der Waals surface area contributed by atoms with Gasteiger partial charge in [0.1, 0.15) is 5.54 Å². The van der Waals surface area contributed by atoms with Crippen LogP contribution < -0.4 is 5.32 Å². The molecule has 0 heterocycles. The van der Waals surface area contributed by atoms with Crippen molar-refractivity contribution in [2.45, 2.75) is 10.4 Å². The molecule has 0 bridgehead atoms. The number of nitrogens with zero attached hydrogens (tertiary/aromatic N) is 1. The second kappa shape index (κ2) is 6.42. The molecular formula is C16H16N2S. The van der Waals surface area contributed by atoms with E-state index in [1.54, 1.807) is 11.8 Å². The van der Waals surface area contributed by atoms with Crippen LogP contribution in [-0.4, -0.2) is 12.8 Å². The molecule has 0 fully saturated rings. The van der Waals surface area contributed by atoms with Gasteiger partial charge in [0.2, 0.25) is 0 Å². The van der Waals surface area contributed by atoms with Crippen molar-refractivity contribution >= 4 is 11.8 Å². The summed E-state index contributed by atoms with van der Waals surface area (Å²) in [6, 6.07) is 22.4. The molecule has 1 N–H and O–H groups in total. The molecule has 0 spiro atoms. The zero-order valence-corrected chi connectivity index (χ0v) is 11.7. The van der Waals surface area contributed by atoms with Crippen LogP contribution in [0.25, 0.3) is 0 Å². The van der Waals surface area contributed by atoms with Crippen molar-refractivity contribution < 1.29 is 0 Å². The third kappa shape index (κ3) is 3.17. The predicted molar refractivity (Wildman–Crippen MR) is 80.0 cm³/mol. The molecule has 19 heavy (non-hydrogen) atoms. The predicted octanol–water partition coefficient (Wildman–Crippen LogP) is 3.42. The van der Waals surface area contributed by atoms with Gasteiger partial charge in [-0.15, -0.1) is 11.8 Å². The summed E-state index contributed by atoms with van der Waals surface area (Å²) in [6.07, 6.45) is 0. The van der Waals surface area contributed by atoms with Gasteiger partial charge >= 0.3 is 0 Å². The van der Waals surface area contributed by atoms with Gasteiger partial charge in [0.05, 0.1) is 6.07 Å². The molecule has 0 aliphatic heterocycles. The molecule has 3 heteroatoms. The fourth-order valence-corrected chi connectivity index (χ4v) is 2.99. The molecule has 96 valence electrons. The fraction of sp³-hybridized carbons (Fsp3) is 0.188. The number of benzene rings is 2. The molecule has 0 saturated carbocycles. The Kier molecular flexibility index (Phi) is 4.62. The Labute approximate surface area is 118 Å². The van der Waals surface area contributed by atoms with E-state index >= 15 is 0 Å². The number of hydrogen-bond donors (Lipinski definition) is 1. The number of rotatable bonds is 5. The van der Waals surface area contributed by atoms with Crippen LogP contribution in [0.5, 0.6) is 0 Å². The van der Waals surface area contributed by atoms with Gasteiger partial charge in [0.15, 0.2) is 0 Å². The Morgan fingerprint density at radius 3 is 2.16 bits per heavy atom. The summed E-state index contributed by atoms with van der Waals surface area (Å²) < 4.78 is 0. The molecule has 0 aromatic heterocycles. The van der Waals surface area contributed by atoms with E-state index in [-0.39, 0.29) is 0 Å². The first-order valence-electron chi connectivity index (χ1n) is 6.14. The van der Waals surface area contributed by atoms with Gasteiger partial charge in [0, 0.05) is 10.6 Å². The van der Waals surface area contributed by atoms with Crippen molar-refractivity contribution in [2.24, 2.45) is 0 Å². The summed E-state index contributed by atoms with van der Waals surface area (Å²) in [5.41, 5.74) is 0.352. The van der Waals surface area contributed by atoms with Crippen LogP contribution >= 0.6 is 11.8 Å². The van der Waals surface area contributed by atoms with Crippen LogP contribution in [0, 0.1) is 11.3 Å². The molecule has 2 aromatic rings. The third-order valence-corrected chi connectivity index (χ3v) is 4.27. The molecule has 2 rings (SSSR count). The highest BCUT2D eigenvalue weighted by molar-refractivity contribution is 7.99. The lowest BCUT2D eigenvalue weighted by Crippen LogP contribution is -2.41. The van der Waals surface area contributed by atoms with Crippen LogP contribution in [0.1, 0.15) is 5.56 Å². The quantitative estimate of drug-likeness (QED) is 0.844. The zero-order chi connectivity index (χ0) is 13.6. The molecule has 1 unspecified atom stereocenters. The van der Waals surface area contributed by atoms with Crippen molar-refractivity contribution in [3.63, 3.8) is 0 Å². The normalized spacial score (nSPS) is 13.5. The Balaban J connectivity index is 2.20. The Bertz CT molecular complexity index is 548. The van der Waals surface area contributed by atoms with E-state index in [0.717, 1.165) is 5.56 Å². The standard InChI is InChI=1S/C16H16N2S/c1-18-16(12-17,14-8-4-2-5-9-14)13-19-15-10-6-3-7-11-15/h2-11,18H,13H2,1H3. The van der Waals surface area contributed by atoms with Crippen LogP contribution in [-0.2, 0) is 5.54 Å². The lowest BCUT2D eigenvalue weighted by atomic mass is 9.94. The minimum absolute atomic E-state index is 0.651. The number of nitriles is 1. The van der Waals surface area contributed by atoms with Crippen LogP contribution in [0.15, 0.2) is 65.6 Å². The van der Waals surface area contributed by atoms with E-state index in [1.165, 1.54) is 4.90 Å². The smallest absolute Gasteiger partial charge is 0.141 e. The molecule has 1 atom stereocenters. The van der Waals surface area contributed by atoms with Gasteiger partial charge in [0.25, 0.3) is 0 Å². The van der Waals surface area contributed by atoms with Gasteiger partial charge in [-0.05, 0) is 24.7 Å². The van der Waals surface area contributed by atoms with E-state index < -0.39 is 5.54 Å². The summed E-state index contributed by atoms with van der Waals surface area (Å²) in [7, 11) is 1.84. The number of thioether (sulfide) groups is 1. The van der Waals surface area contributed by atoms with E-state index in [4.69, 9.17) is 0 Å². The topological polar surface area (TPSA) is 35.8 Å². The molecule has 2 nitrogen and oxygen atoms in total. The molecule has 0 saturated heterocycles. The van der Waals surface area contributed by atoms with Gasteiger partial charge in [-0.3, -0.25) is 5.32 Å². The number of nitrogens with one attached hydrogen (secondary N) is 1. The molecule has 0 aliphatic carbocycles. The highest BCUT2D eigenvalue weighted by atomic mass is 32.2. The summed E-state index contributed by atoms with van der Waals surface area (Å²) in [5.74, 6) is 0.675. The maximum Gasteiger partial charge on any atom is 0.141 e. The first-order chi connectivity index (χ1) is 9.30. The maximum absolute atomic E-state index is 9.58. The van der Waals surface area contributed by atoms with Crippen LogP contribution in [0.2, 0.25) is 0 Å². The number of hydrogen-bond acceptors (Lipinski definition) is 3. The largest absolute Gasteiger partial charge is 0.298 e. The Hall–Kier alpha value is -1.76. The van der Waals surface area contributed by atoms with Crippen molar-refractivity contribution in [1.29, 1.82) is 5.26 Å². The molecule has 0 radical (unpaired) electrons. The lowest BCUT2D eigenvalue weighted by Gasteiger charge is -2.26. The average molecular weight is 268 g/mol. The fourth-order valence-electron chi connectivity index (χ4n) is 1.88. The summed E-state index contributed by atoms with van der Waals surface area (Å²) >= 11 is 1.69. The molecule has 2 aromatic carbocycles. The van der Waals surface area contributed by atoms with Crippen molar-refractivity contribution in [2.75, 3.05) is 12.8 Å². The van der Waals surface area contributed by atoms with Gasteiger partial charge in [-0.1, -0.05) is 48.5 Å². The highest BCUT2D eigenvalue weighted by Gasteiger charge is 2.30. The highest BCUT2D eigenvalue weighted by Crippen LogP contribution is 2.29.